The van der Waals surface area contributed by atoms with Gasteiger partial charge in [-0.3, -0.25) is 9.78 Å². The molecule has 1 N–H and O–H groups in total. The molecule has 1 amide bonds. The molecule has 3 aromatic rings. The second-order valence-corrected chi connectivity index (χ2v) is 8.36. The first-order valence-electron chi connectivity index (χ1n) is 8.74. The third kappa shape index (κ3) is 4.82. The van der Waals surface area contributed by atoms with Crippen molar-refractivity contribution in [3.8, 4) is 0 Å². The quantitative estimate of drug-likeness (QED) is 0.667. The van der Waals surface area contributed by atoms with Gasteiger partial charge in [-0.05, 0) is 41.5 Å². The van der Waals surface area contributed by atoms with Crippen LogP contribution in [-0.4, -0.2) is 30.7 Å². The predicted molar refractivity (Wildman–Crippen MR) is 107 cm³/mol. The van der Waals surface area contributed by atoms with Gasteiger partial charge in [-0.1, -0.05) is 36.4 Å². The van der Waals surface area contributed by atoms with Crippen LogP contribution in [0.1, 0.15) is 21.5 Å². The molecule has 1 heterocycles. The summed E-state index contributed by atoms with van der Waals surface area (Å²) in [7, 11) is -2.02. The van der Waals surface area contributed by atoms with E-state index in [9.17, 15) is 13.2 Å². The second kappa shape index (κ2) is 8.77. The Kier molecular flexibility index (Phi) is 6.18. The van der Waals surface area contributed by atoms with Gasteiger partial charge in [0.1, 0.15) is 0 Å². The number of benzene rings is 2. The molecule has 0 unspecified atom stereocenters. The molecule has 1 aromatic heterocycles. The van der Waals surface area contributed by atoms with Crippen LogP contribution in [0.3, 0.4) is 0 Å². The molecule has 28 heavy (non-hydrogen) atoms. The highest BCUT2D eigenvalue weighted by atomic mass is 32.2. The zero-order valence-electron chi connectivity index (χ0n) is 15.4. The Hall–Kier alpha value is -3.03. The van der Waals surface area contributed by atoms with E-state index in [-0.39, 0.29) is 17.3 Å². The molecule has 0 aliphatic carbocycles. The lowest BCUT2D eigenvalue weighted by atomic mass is 10.1. The van der Waals surface area contributed by atoms with Gasteiger partial charge in [-0.15, -0.1) is 0 Å². The largest absolute Gasteiger partial charge is 0.348 e. The van der Waals surface area contributed by atoms with Crippen LogP contribution < -0.4 is 5.32 Å². The number of nitrogens with one attached hydrogen (secondary N) is 1. The van der Waals surface area contributed by atoms with E-state index in [0.717, 1.165) is 11.1 Å². The summed E-state index contributed by atoms with van der Waals surface area (Å²) in [6.45, 7) is 0.612. The zero-order chi connectivity index (χ0) is 20.0. The summed E-state index contributed by atoms with van der Waals surface area (Å²) in [5.74, 6) is -0.194. The molecule has 0 bridgehead atoms. The molecule has 0 aliphatic rings. The minimum Gasteiger partial charge on any atom is -0.348 e. The van der Waals surface area contributed by atoms with Crippen molar-refractivity contribution >= 4 is 15.9 Å². The Morgan fingerprint density at radius 2 is 1.68 bits per heavy atom. The van der Waals surface area contributed by atoms with Gasteiger partial charge >= 0.3 is 0 Å². The molecule has 144 valence electrons. The summed E-state index contributed by atoms with van der Waals surface area (Å²) in [5, 5.41) is 2.84. The maximum atomic E-state index is 12.6. The van der Waals surface area contributed by atoms with Gasteiger partial charge < -0.3 is 5.32 Å². The lowest BCUT2D eigenvalue weighted by molar-refractivity contribution is 0.0951. The van der Waals surface area contributed by atoms with Crippen molar-refractivity contribution in [1.29, 1.82) is 0 Å². The summed E-state index contributed by atoms with van der Waals surface area (Å²) < 4.78 is 26.5. The number of hydrogen-bond donors (Lipinski definition) is 1. The van der Waals surface area contributed by atoms with Gasteiger partial charge in [0.2, 0.25) is 10.0 Å². The Labute approximate surface area is 164 Å². The molecular weight excluding hydrogens is 374 g/mol. The van der Waals surface area contributed by atoms with Gasteiger partial charge in [0.05, 0.1) is 4.90 Å². The predicted octanol–water partition coefficient (Wildman–Crippen LogP) is 2.83. The Bertz CT molecular complexity index is 1020. The first-order valence-corrected chi connectivity index (χ1v) is 10.2. The number of aromatic nitrogens is 1. The Balaban J connectivity index is 1.61. The maximum Gasteiger partial charge on any atom is 0.251 e. The number of carbonyl (C=O) groups is 1. The number of amides is 1. The SMILES string of the molecule is CN(Cc1ccc(C(=O)NCc2cccnc2)cc1)S(=O)(=O)c1ccccc1. The van der Waals surface area contributed by atoms with Crippen molar-refractivity contribution in [2.75, 3.05) is 7.05 Å². The molecule has 0 saturated heterocycles. The smallest absolute Gasteiger partial charge is 0.251 e. The molecule has 0 aliphatic heterocycles. The fourth-order valence-electron chi connectivity index (χ4n) is 2.66. The third-order valence-electron chi connectivity index (χ3n) is 4.25. The number of rotatable bonds is 7. The molecule has 2 aromatic carbocycles. The maximum absolute atomic E-state index is 12.6. The fraction of sp³-hybridized carbons (Fsp3) is 0.143. The molecule has 3 rings (SSSR count). The highest BCUT2D eigenvalue weighted by molar-refractivity contribution is 7.89. The average molecular weight is 395 g/mol. The van der Waals surface area contributed by atoms with E-state index in [1.807, 2.05) is 12.1 Å². The van der Waals surface area contributed by atoms with Crippen LogP contribution in [0, 0.1) is 0 Å². The number of carbonyl (C=O) groups excluding carboxylic acids is 1. The monoisotopic (exact) mass is 395 g/mol. The van der Waals surface area contributed by atoms with E-state index >= 15 is 0 Å². The van der Waals surface area contributed by atoms with Gasteiger partial charge in [0.25, 0.3) is 5.91 Å². The number of sulfonamides is 1. The molecular formula is C21H21N3O3S. The van der Waals surface area contributed by atoms with Gasteiger partial charge in [-0.25, -0.2) is 8.42 Å². The molecule has 0 atom stereocenters. The Morgan fingerprint density at radius 1 is 0.964 bits per heavy atom. The van der Waals surface area contributed by atoms with Crippen LogP contribution in [-0.2, 0) is 23.1 Å². The average Bonchev–Trinajstić information content (AvgIpc) is 2.74. The topological polar surface area (TPSA) is 79.4 Å². The molecule has 6 nitrogen and oxygen atoms in total. The molecule has 0 spiro atoms. The second-order valence-electron chi connectivity index (χ2n) is 6.32. The number of pyridine rings is 1. The third-order valence-corrected chi connectivity index (χ3v) is 6.07. The highest BCUT2D eigenvalue weighted by Crippen LogP contribution is 2.16. The van der Waals surface area contributed by atoms with Crippen LogP contribution in [0.25, 0.3) is 0 Å². The summed E-state index contributed by atoms with van der Waals surface area (Å²) in [6.07, 6.45) is 3.38. The molecule has 7 heteroatoms. The molecule has 0 radical (unpaired) electrons. The van der Waals surface area contributed by atoms with Crippen molar-refractivity contribution in [3.05, 3.63) is 95.8 Å². The van der Waals surface area contributed by atoms with Crippen molar-refractivity contribution in [3.63, 3.8) is 0 Å². The van der Waals surface area contributed by atoms with Gasteiger partial charge in [0, 0.05) is 38.1 Å². The van der Waals surface area contributed by atoms with Crippen LogP contribution in [0.4, 0.5) is 0 Å². The molecule has 0 fully saturated rings. The van der Waals surface area contributed by atoms with E-state index in [1.54, 1.807) is 67.0 Å². The van der Waals surface area contributed by atoms with Crippen molar-refractivity contribution in [2.45, 2.75) is 18.0 Å². The standard InChI is InChI=1S/C21H21N3O3S/c1-24(28(26,27)20-7-3-2-4-8-20)16-17-9-11-19(12-10-17)21(25)23-15-18-6-5-13-22-14-18/h2-14H,15-16H2,1H3,(H,23,25). The summed E-state index contributed by atoms with van der Waals surface area (Å²) in [5.41, 5.74) is 2.23. The zero-order valence-corrected chi connectivity index (χ0v) is 16.3. The first-order chi connectivity index (χ1) is 13.5. The minimum absolute atomic E-state index is 0.194. The highest BCUT2D eigenvalue weighted by Gasteiger charge is 2.20. The lowest BCUT2D eigenvalue weighted by Gasteiger charge is -2.17. The minimum atomic E-state index is -3.55. The van der Waals surface area contributed by atoms with E-state index in [4.69, 9.17) is 0 Å². The summed E-state index contributed by atoms with van der Waals surface area (Å²) in [4.78, 5) is 16.5. The number of hydrogen-bond acceptors (Lipinski definition) is 4. The first kappa shape index (κ1) is 19.7. The van der Waals surface area contributed by atoms with Crippen LogP contribution >= 0.6 is 0 Å². The van der Waals surface area contributed by atoms with Crippen molar-refractivity contribution < 1.29 is 13.2 Å². The molecule has 0 saturated carbocycles. The van der Waals surface area contributed by atoms with E-state index < -0.39 is 10.0 Å². The van der Waals surface area contributed by atoms with Crippen LogP contribution in [0.2, 0.25) is 0 Å². The van der Waals surface area contributed by atoms with Crippen molar-refractivity contribution in [2.24, 2.45) is 0 Å². The summed E-state index contributed by atoms with van der Waals surface area (Å²) >= 11 is 0. The lowest BCUT2D eigenvalue weighted by Crippen LogP contribution is -2.26. The van der Waals surface area contributed by atoms with Gasteiger partial charge in [0.15, 0.2) is 0 Å². The van der Waals surface area contributed by atoms with Gasteiger partial charge in [-0.2, -0.15) is 4.31 Å². The van der Waals surface area contributed by atoms with Crippen molar-refractivity contribution in [1.82, 2.24) is 14.6 Å². The fourth-order valence-corrected chi connectivity index (χ4v) is 3.84. The van der Waals surface area contributed by atoms with E-state index in [1.165, 1.54) is 11.4 Å². The van der Waals surface area contributed by atoms with Crippen LogP contribution in [0.5, 0.6) is 0 Å². The Morgan fingerprint density at radius 3 is 2.32 bits per heavy atom. The number of nitrogens with zero attached hydrogens (tertiary/aromatic N) is 2. The summed E-state index contributed by atoms with van der Waals surface area (Å²) in [6, 6.07) is 18.9. The van der Waals surface area contributed by atoms with E-state index in [0.29, 0.717) is 12.1 Å². The normalized spacial score (nSPS) is 11.4. The van der Waals surface area contributed by atoms with Crippen LogP contribution in [0.15, 0.2) is 84.0 Å². The van der Waals surface area contributed by atoms with E-state index in [2.05, 4.69) is 10.3 Å².